The summed E-state index contributed by atoms with van der Waals surface area (Å²) in [7, 11) is 0. The van der Waals surface area contributed by atoms with Gasteiger partial charge in [0.1, 0.15) is 10.8 Å². The lowest BCUT2D eigenvalue weighted by Crippen LogP contribution is -2.09. The molecule has 1 unspecified atom stereocenters. The Labute approximate surface area is 134 Å². The highest BCUT2D eigenvalue weighted by Gasteiger charge is 2.11. The Morgan fingerprint density at radius 2 is 1.90 bits per heavy atom. The summed E-state index contributed by atoms with van der Waals surface area (Å²) < 4.78 is 5.68. The van der Waals surface area contributed by atoms with Crippen LogP contribution in [0.15, 0.2) is 30.3 Å². The lowest BCUT2D eigenvalue weighted by Gasteiger charge is -2.12. The lowest BCUT2D eigenvalue weighted by atomic mass is 9.99. The molecule has 0 amide bonds. The molecule has 1 aromatic carbocycles. The summed E-state index contributed by atoms with van der Waals surface area (Å²) in [6.07, 6.45) is 1.09. The van der Waals surface area contributed by atoms with Crippen molar-refractivity contribution < 1.29 is 4.74 Å². The Kier molecular flexibility index (Phi) is 5.28. The van der Waals surface area contributed by atoms with E-state index < -0.39 is 0 Å². The number of halogens is 2. The van der Waals surface area contributed by atoms with Crippen LogP contribution in [0.4, 0.5) is 5.82 Å². The third kappa shape index (κ3) is 3.79. The number of rotatable bonds is 5. The normalized spacial score (nSPS) is 12.0. The fourth-order valence-electron chi connectivity index (χ4n) is 1.83. The van der Waals surface area contributed by atoms with Crippen molar-refractivity contribution in [2.45, 2.75) is 26.2 Å². The number of hydrazine groups is 1. The van der Waals surface area contributed by atoms with E-state index in [2.05, 4.69) is 24.3 Å². The van der Waals surface area contributed by atoms with Crippen molar-refractivity contribution in [3.8, 4) is 11.6 Å². The summed E-state index contributed by atoms with van der Waals surface area (Å²) in [5, 5.41) is 0.659. The molecule has 112 valence electrons. The second-order valence-corrected chi connectivity index (χ2v) is 5.54. The zero-order valence-electron chi connectivity index (χ0n) is 11.9. The van der Waals surface area contributed by atoms with E-state index in [1.165, 1.54) is 11.6 Å². The summed E-state index contributed by atoms with van der Waals surface area (Å²) in [6, 6.07) is 9.40. The highest BCUT2D eigenvalue weighted by atomic mass is 35.5. The topological polar surface area (TPSA) is 60.2 Å². The molecular weight excluding hydrogens is 309 g/mol. The smallest absolute Gasteiger partial charge is 0.240 e. The Hall–Kier alpha value is -1.49. The highest BCUT2D eigenvalue weighted by molar-refractivity contribution is 6.36. The molecule has 0 aliphatic rings. The van der Waals surface area contributed by atoms with Crippen molar-refractivity contribution in [3.63, 3.8) is 0 Å². The standard InChI is InChI=1S/C15H17Cl2N3O/c1-3-9(2)10-4-6-11(7-5-10)21-15-13(17)8-12(16)14(19-15)20-18/h4-9H,3,18H2,1-2H3,(H,19,20). The van der Waals surface area contributed by atoms with Crippen LogP contribution in [0.2, 0.25) is 10.0 Å². The first-order valence-electron chi connectivity index (χ1n) is 6.65. The van der Waals surface area contributed by atoms with Crippen LogP contribution in [0.5, 0.6) is 11.6 Å². The molecule has 21 heavy (non-hydrogen) atoms. The Morgan fingerprint density at radius 3 is 2.48 bits per heavy atom. The number of hydrogen-bond donors (Lipinski definition) is 2. The number of nitrogens with zero attached hydrogens (tertiary/aromatic N) is 1. The van der Waals surface area contributed by atoms with Crippen LogP contribution < -0.4 is 16.0 Å². The van der Waals surface area contributed by atoms with Gasteiger partial charge in [0, 0.05) is 0 Å². The minimum absolute atomic E-state index is 0.255. The molecule has 0 aliphatic carbocycles. The minimum Gasteiger partial charge on any atom is -0.437 e. The van der Waals surface area contributed by atoms with Crippen LogP contribution in [0.1, 0.15) is 31.7 Å². The average molecular weight is 326 g/mol. The molecule has 1 heterocycles. The molecule has 2 rings (SSSR count). The molecule has 0 aliphatic heterocycles. The number of ether oxygens (including phenoxy) is 1. The largest absolute Gasteiger partial charge is 0.437 e. The second-order valence-electron chi connectivity index (χ2n) is 4.73. The van der Waals surface area contributed by atoms with Crippen LogP contribution in [0, 0.1) is 0 Å². The van der Waals surface area contributed by atoms with Gasteiger partial charge in [0.05, 0.1) is 5.02 Å². The average Bonchev–Trinajstić information content (AvgIpc) is 2.50. The molecule has 1 atom stereocenters. The number of nitrogen functional groups attached to an aromatic ring is 1. The maximum Gasteiger partial charge on any atom is 0.240 e. The van der Waals surface area contributed by atoms with Crippen molar-refractivity contribution in [1.82, 2.24) is 4.98 Å². The fraction of sp³-hybridized carbons (Fsp3) is 0.267. The molecule has 4 nitrogen and oxygen atoms in total. The maximum absolute atomic E-state index is 6.07. The van der Waals surface area contributed by atoms with Gasteiger partial charge in [-0.25, -0.2) is 5.84 Å². The van der Waals surface area contributed by atoms with Gasteiger partial charge in [-0.1, -0.05) is 49.2 Å². The van der Waals surface area contributed by atoms with Gasteiger partial charge >= 0.3 is 0 Å². The molecule has 3 N–H and O–H groups in total. The molecule has 0 saturated heterocycles. The van der Waals surface area contributed by atoms with E-state index in [4.69, 9.17) is 33.8 Å². The first kappa shape index (κ1) is 15.9. The molecule has 0 spiro atoms. The van der Waals surface area contributed by atoms with Gasteiger partial charge < -0.3 is 10.2 Å². The van der Waals surface area contributed by atoms with Gasteiger partial charge in [0.25, 0.3) is 0 Å². The van der Waals surface area contributed by atoms with Crippen LogP contribution in [-0.4, -0.2) is 4.98 Å². The number of nitrogens with one attached hydrogen (secondary N) is 1. The molecule has 0 radical (unpaired) electrons. The fourth-order valence-corrected chi connectivity index (χ4v) is 2.29. The van der Waals surface area contributed by atoms with Crippen LogP contribution >= 0.6 is 23.2 Å². The number of pyridine rings is 1. The predicted molar refractivity (Wildman–Crippen MR) is 87.3 cm³/mol. The summed E-state index contributed by atoms with van der Waals surface area (Å²) in [5.74, 6) is 7.08. The van der Waals surface area contributed by atoms with Crippen molar-refractivity contribution in [2.75, 3.05) is 5.43 Å². The number of hydrogen-bond acceptors (Lipinski definition) is 4. The lowest BCUT2D eigenvalue weighted by molar-refractivity contribution is 0.463. The van der Waals surface area contributed by atoms with Crippen LogP contribution in [0.25, 0.3) is 0 Å². The molecule has 1 aromatic heterocycles. The van der Waals surface area contributed by atoms with E-state index >= 15 is 0 Å². The Bertz CT molecular complexity index is 617. The number of anilines is 1. The maximum atomic E-state index is 6.07. The van der Waals surface area contributed by atoms with E-state index in [0.717, 1.165) is 6.42 Å². The zero-order valence-corrected chi connectivity index (χ0v) is 13.4. The molecule has 0 fully saturated rings. The van der Waals surface area contributed by atoms with Gasteiger partial charge in [-0.3, -0.25) is 0 Å². The summed E-state index contributed by atoms with van der Waals surface area (Å²) >= 11 is 12.0. The van der Waals surface area contributed by atoms with Gasteiger partial charge in [-0.2, -0.15) is 4.98 Å². The van der Waals surface area contributed by atoms with E-state index in [1.54, 1.807) is 0 Å². The molecule has 6 heteroatoms. The summed E-state index contributed by atoms with van der Waals surface area (Å²) in [5.41, 5.74) is 3.67. The molecule has 0 saturated carbocycles. The van der Waals surface area contributed by atoms with Crippen LogP contribution in [-0.2, 0) is 0 Å². The van der Waals surface area contributed by atoms with Crippen molar-refractivity contribution >= 4 is 29.0 Å². The monoisotopic (exact) mass is 325 g/mol. The van der Waals surface area contributed by atoms with Gasteiger partial charge in [-0.05, 0) is 36.1 Å². The highest BCUT2D eigenvalue weighted by Crippen LogP contribution is 2.33. The van der Waals surface area contributed by atoms with Crippen molar-refractivity contribution in [2.24, 2.45) is 5.84 Å². The first-order valence-corrected chi connectivity index (χ1v) is 7.41. The molecular formula is C15H17Cl2N3O. The second kappa shape index (κ2) is 6.98. The van der Waals surface area contributed by atoms with E-state index in [0.29, 0.717) is 27.5 Å². The number of aromatic nitrogens is 1. The van der Waals surface area contributed by atoms with Crippen molar-refractivity contribution in [1.29, 1.82) is 0 Å². The Balaban J connectivity index is 2.22. The summed E-state index contributed by atoms with van der Waals surface area (Å²) in [6.45, 7) is 4.35. The zero-order chi connectivity index (χ0) is 15.4. The van der Waals surface area contributed by atoms with Crippen LogP contribution in [0.3, 0.4) is 0 Å². The van der Waals surface area contributed by atoms with Gasteiger partial charge in [0.2, 0.25) is 5.88 Å². The SMILES string of the molecule is CCC(C)c1ccc(Oc2nc(NN)c(Cl)cc2Cl)cc1. The van der Waals surface area contributed by atoms with E-state index in [9.17, 15) is 0 Å². The predicted octanol–water partition coefficient (Wildman–Crippen LogP) is 4.98. The van der Waals surface area contributed by atoms with Crippen molar-refractivity contribution in [3.05, 3.63) is 45.9 Å². The molecule has 0 bridgehead atoms. The Morgan fingerprint density at radius 1 is 1.24 bits per heavy atom. The first-order chi connectivity index (χ1) is 10.0. The molecule has 2 aromatic rings. The summed E-state index contributed by atoms with van der Waals surface area (Å²) in [4.78, 5) is 4.14. The minimum atomic E-state index is 0.255. The van der Waals surface area contributed by atoms with Gasteiger partial charge in [-0.15, -0.1) is 0 Å². The van der Waals surface area contributed by atoms with E-state index in [-0.39, 0.29) is 5.88 Å². The number of benzene rings is 1. The number of nitrogens with two attached hydrogens (primary N) is 1. The quantitative estimate of drug-likeness (QED) is 0.601. The van der Waals surface area contributed by atoms with E-state index in [1.807, 2.05) is 24.3 Å². The third-order valence-electron chi connectivity index (χ3n) is 3.31. The third-order valence-corrected chi connectivity index (χ3v) is 3.87. The van der Waals surface area contributed by atoms with Gasteiger partial charge in [0.15, 0.2) is 5.82 Å².